The van der Waals surface area contributed by atoms with E-state index >= 15 is 0 Å². The number of amides is 1. The number of benzene rings is 2. The zero-order chi connectivity index (χ0) is 15.4. The first-order chi connectivity index (χ1) is 9.95. The van der Waals surface area contributed by atoms with E-state index < -0.39 is 0 Å². The number of carbonyl (C=O) groups is 1. The van der Waals surface area contributed by atoms with Gasteiger partial charge in [-0.1, -0.05) is 22.0 Å². The van der Waals surface area contributed by atoms with Crippen LogP contribution in [0.4, 0.5) is 15.8 Å². The maximum absolute atomic E-state index is 13.6. The first-order valence-corrected chi connectivity index (χ1v) is 7.31. The molecule has 0 heterocycles. The van der Waals surface area contributed by atoms with Crippen LogP contribution in [0, 0.1) is 19.7 Å². The molecule has 2 aromatic rings. The van der Waals surface area contributed by atoms with E-state index in [1.54, 1.807) is 18.2 Å². The molecule has 0 saturated heterocycles. The number of rotatable bonds is 4. The van der Waals surface area contributed by atoms with Crippen LogP contribution >= 0.6 is 15.9 Å². The molecule has 3 nitrogen and oxygen atoms in total. The van der Waals surface area contributed by atoms with Crippen molar-refractivity contribution in [1.82, 2.24) is 0 Å². The summed E-state index contributed by atoms with van der Waals surface area (Å²) in [6.45, 7) is 3.77. The Morgan fingerprint density at radius 2 is 1.95 bits per heavy atom. The zero-order valence-corrected chi connectivity index (χ0v) is 13.4. The summed E-state index contributed by atoms with van der Waals surface area (Å²) in [5, 5.41) is 5.56. The fourth-order valence-electron chi connectivity index (χ4n) is 1.87. The SMILES string of the molecule is Cc1ccc(NCC(=O)Nc2ccc(Br)c(C)c2)c(F)c1. The number of carbonyl (C=O) groups excluding carboxylic acids is 1. The zero-order valence-electron chi connectivity index (χ0n) is 11.8. The number of hydrogen-bond donors (Lipinski definition) is 2. The third-order valence-corrected chi connectivity index (χ3v) is 3.90. The van der Waals surface area contributed by atoms with Crippen molar-refractivity contribution in [3.05, 3.63) is 57.8 Å². The number of hydrogen-bond acceptors (Lipinski definition) is 2. The van der Waals surface area contributed by atoms with Gasteiger partial charge in [0.1, 0.15) is 5.82 Å². The standard InChI is InChI=1S/C16H16BrFN2O/c1-10-3-6-15(14(18)7-10)19-9-16(21)20-12-4-5-13(17)11(2)8-12/h3-8,19H,9H2,1-2H3,(H,20,21). The molecule has 0 atom stereocenters. The minimum absolute atomic E-state index is 0.00902. The Morgan fingerprint density at radius 3 is 2.62 bits per heavy atom. The molecule has 0 aliphatic rings. The quantitative estimate of drug-likeness (QED) is 0.864. The van der Waals surface area contributed by atoms with Gasteiger partial charge in [0, 0.05) is 10.2 Å². The average Bonchev–Trinajstić information content (AvgIpc) is 2.42. The van der Waals surface area contributed by atoms with Crippen LogP contribution in [0.2, 0.25) is 0 Å². The largest absolute Gasteiger partial charge is 0.374 e. The number of aryl methyl sites for hydroxylation is 2. The van der Waals surface area contributed by atoms with Gasteiger partial charge in [-0.3, -0.25) is 4.79 Å². The summed E-state index contributed by atoms with van der Waals surface area (Å²) in [5.41, 5.74) is 2.91. The molecule has 2 rings (SSSR count). The summed E-state index contributed by atoms with van der Waals surface area (Å²) in [6.07, 6.45) is 0. The second kappa shape index (κ2) is 6.72. The Morgan fingerprint density at radius 1 is 1.19 bits per heavy atom. The molecule has 2 N–H and O–H groups in total. The first-order valence-electron chi connectivity index (χ1n) is 6.52. The molecule has 110 valence electrons. The highest BCUT2D eigenvalue weighted by molar-refractivity contribution is 9.10. The van der Waals surface area contributed by atoms with Crippen LogP contribution in [0.5, 0.6) is 0 Å². The van der Waals surface area contributed by atoms with Gasteiger partial charge in [-0.15, -0.1) is 0 Å². The topological polar surface area (TPSA) is 41.1 Å². The third-order valence-electron chi connectivity index (χ3n) is 3.01. The Hall–Kier alpha value is -1.88. The minimum atomic E-state index is -0.359. The number of anilines is 2. The van der Waals surface area contributed by atoms with Crippen molar-refractivity contribution in [3.8, 4) is 0 Å². The van der Waals surface area contributed by atoms with Crippen molar-refractivity contribution >= 4 is 33.2 Å². The van der Waals surface area contributed by atoms with Gasteiger partial charge in [0.05, 0.1) is 12.2 Å². The summed E-state index contributed by atoms with van der Waals surface area (Å²) in [4.78, 5) is 11.9. The minimum Gasteiger partial charge on any atom is -0.374 e. The molecule has 21 heavy (non-hydrogen) atoms. The fourth-order valence-corrected chi connectivity index (χ4v) is 2.11. The molecular weight excluding hydrogens is 335 g/mol. The van der Waals surface area contributed by atoms with Gasteiger partial charge < -0.3 is 10.6 Å². The second-order valence-corrected chi connectivity index (χ2v) is 5.70. The molecule has 0 unspecified atom stereocenters. The van der Waals surface area contributed by atoms with Gasteiger partial charge >= 0.3 is 0 Å². The highest BCUT2D eigenvalue weighted by atomic mass is 79.9. The van der Waals surface area contributed by atoms with Crippen molar-refractivity contribution in [3.63, 3.8) is 0 Å². The maximum Gasteiger partial charge on any atom is 0.243 e. The molecule has 0 fully saturated rings. The Labute approximate surface area is 131 Å². The molecule has 0 spiro atoms. The van der Waals surface area contributed by atoms with Crippen LogP contribution in [-0.2, 0) is 4.79 Å². The molecular formula is C16H16BrFN2O. The van der Waals surface area contributed by atoms with E-state index in [0.717, 1.165) is 15.6 Å². The van der Waals surface area contributed by atoms with E-state index in [2.05, 4.69) is 26.6 Å². The Balaban J connectivity index is 1.94. The van der Waals surface area contributed by atoms with Gasteiger partial charge in [0.2, 0.25) is 5.91 Å². The van der Waals surface area contributed by atoms with Crippen LogP contribution in [0.15, 0.2) is 40.9 Å². The van der Waals surface area contributed by atoms with E-state index in [9.17, 15) is 9.18 Å². The van der Waals surface area contributed by atoms with Crippen LogP contribution in [0.1, 0.15) is 11.1 Å². The van der Waals surface area contributed by atoms with Gasteiger partial charge in [0.15, 0.2) is 0 Å². The van der Waals surface area contributed by atoms with Crippen LogP contribution in [0.3, 0.4) is 0 Å². The highest BCUT2D eigenvalue weighted by Gasteiger charge is 2.06. The van der Waals surface area contributed by atoms with Gasteiger partial charge in [-0.05, 0) is 55.3 Å². The van der Waals surface area contributed by atoms with E-state index in [0.29, 0.717) is 11.4 Å². The number of halogens is 2. The molecule has 0 aliphatic heterocycles. The lowest BCUT2D eigenvalue weighted by atomic mass is 10.2. The smallest absolute Gasteiger partial charge is 0.243 e. The molecule has 0 aromatic heterocycles. The van der Waals surface area contributed by atoms with E-state index in [1.807, 2.05) is 26.0 Å². The lowest BCUT2D eigenvalue weighted by Gasteiger charge is -2.10. The van der Waals surface area contributed by atoms with Crippen molar-refractivity contribution < 1.29 is 9.18 Å². The Kier molecular flexibility index (Phi) is 4.96. The van der Waals surface area contributed by atoms with Crippen molar-refractivity contribution in [2.75, 3.05) is 17.2 Å². The predicted molar refractivity (Wildman–Crippen MR) is 87.1 cm³/mol. The van der Waals surface area contributed by atoms with Crippen molar-refractivity contribution in [1.29, 1.82) is 0 Å². The third kappa shape index (κ3) is 4.29. The summed E-state index contributed by atoms with van der Waals surface area (Å²) < 4.78 is 14.6. The van der Waals surface area contributed by atoms with E-state index in [1.165, 1.54) is 6.07 Å². The summed E-state index contributed by atoms with van der Waals surface area (Å²) in [5.74, 6) is -0.584. The molecule has 5 heteroatoms. The molecule has 0 bridgehead atoms. The second-order valence-electron chi connectivity index (χ2n) is 4.85. The van der Waals surface area contributed by atoms with E-state index in [-0.39, 0.29) is 18.3 Å². The normalized spacial score (nSPS) is 10.3. The monoisotopic (exact) mass is 350 g/mol. The van der Waals surface area contributed by atoms with Crippen molar-refractivity contribution in [2.45, 2.75) is 13.8 Å². The number of nitrogens with one attached hydrogen (secondary N) is 2. The first kappa shape index (κ1) is 15.5. The molecule has 0 saturated carbocycles. The molecule has 2 aromatic carbocycles. The molecule has 1 amide bonds. The van der Waals surface area contributed by atoms with Gasteiger partial charge in [0.25, 0.3) is 0 Å². The van der Waals surface area contributed by atoms with Crippen LogP contribution in [0.25, 0.3) is 0 Å². The molecule has 0 aliphatic carbocycles. The van der Waals surface area contributed by atoms with Crippen LogP contribution in [-0.4, -0.2) is 12.5 Å². The maximum atomic E-state index is 13.6. The summed E-state index contributed by atoms with van der Waals surface area (Å²) >= 11 is 3.40. The van der Waals surface area contributed by atoms with Crippen LogP contribution < -0.4 is 10.6 Å². The van der Waals surface area contributed by atoms with Crippen molar-refractivity contribution in [2.24, 2.45) is 0 Å². The summed E-state index contributed by atoms with van der Waals surface area (Å²) in [6, 6.07) is 10.4. The highest BCUT2D eigenvalue weighted by Crippen LogP contribution is 2.20. The predicted octanol–water partition coefficient (Wildman–Crippen LogP) is 4.26. The summed E-state index contributed by atoms with van der Waals surface area (Å²) in [7, 11) is 0. The average molecular weight is 351 g/mol. The Bertz CT molecular complexity index is 673. The lowest BCUT2D eigenvalue weighted by molar-refractivity contribution is -0.114. The lowest BCUT2D eigenvalue weighted by Crippen LogP contribution is -2.22. The van der Waals surface area contributed by atoms with E-state index in [4.69, 9.17) is 0 Å². The van der Waals surface area contributed by atoms with Gasteiger partial charge in [-0.2, -0.15) is 0 Å². The van der Waals surface area contributed by atoms with Gasteiger partial charge in [-0.25, -0.2) is 4.39 Å². The fraction of sp³-hybridized carbons (Fsp3) is 0.188. The molecule has 0 radical (unpaired) electrons.